The van der Waals surface area contributed by atoms with Gasteiger partial charge in [0.25, 0.3) is 0 Å². The molecule has 1 N–H and O–H groups in total. The van der Waals surface area contributed by atoms with Crippen LogP contribution in [0.2, 0.25) is 0 Å². The molecule has 1 aromatic heterocycles. The molecule has 0 saturated heterocycles. The van der Waals surface area contributed by atoms with Crippen LogP contribution >= 0.6 is 0 Å². The SMILES string of the molecule is CN=C(NCc1ncccc1C)N1CCc2ccccc2C1. The fourth-order valence-corrected chi connectivity index (χ4v) is 2.88. The number of aliphatic imine (C=N–C) groups is 1. The van der Waals surface area contributed by atoms with E-state index in [2.05, 4.69) is 57.4 Å². The van der Waals surface area contributed by atoms with Crippen molar-refractivity contribution in [1.82, 2.24) is 15.2 Å². The second-order valence-corrected chi connectivity index (χ2v) is 5.61. The van der Waals surface area contributed by atoms with Crippen LogP contribution in [-0.2, 0) is 19.5 Å². The number of hydrogen-bond acceptors (Lipinski definition) is 2. The molecule has 114 valence electrons. The Morgan fingerprint density at radius 3 is 2.82 bits per heavy atom. The van der Waals surface area contributed by atoms with Crippen molar-refractivity contribution in [3.05, 3.63) is 65.0 Å². The highest BCUT2D eigenvalue weighted by Gasteiger charge is 2.18. The molecule has 2 aromatic rings. The molecular weight excluding hydrogens is 272 g/mol. The molecule has 0 fully saturated rings. The first-order valence-electron chi connectivity index (χ1n) is 7.71. The lowest BCUT2D eigenvalue weighted by molar-refractivity contribution is 0.378. The van der Waals surface area contributed by atoms with E-state index < -0.39 is 0 Å². The van der Waals surface area contributed by atoms with E-state index in [1.165, 1.54) is 16.7 Å². The largest absolute Gasteiger partial charge is 0.351 e. The van der Waals surface area contributed by atoms with Crippen LogP contribution in [-0.4, -0.2) is 29.4 Å². The van der Waals surface area contributed by atoms with E-state index >= 15 is 0 Å². The summed E-state index contributed by atoms with van der Waals surface area (Å²) >= 11 is 0. The monoisotopic (exact) mass is 294 g/mol. The molecular formula is C18H22N4. The molecule has 1 aliphatic rings. The van der Waals surface area contributed by atoms with E-state index in [1.807, 2.05) is 19.3 Å². The highest BCUT2D eigenvalue weighted by Crippen LogP contribution is 2.18. The lowest BCUT2D eigenvalue weighted by Crippen LogP contribution is -2.43. The molecule has 22 heavy (non-hydrogen) atoms. The average Bonchev–Trinajstić information content (AvgIpc) is 2.57. The quantitative estimate of drug-likeness (QED) is 0.683. The van der Waals surface area contributed by atoms with Crippen molar-refractivity contribution in [3.63, 3.8) is 0 Å². The highest BCUT2D eigenvalue weighted by atomic mass is 15.3. The molecule has 0 amide bonds. The van der Waals surface area contributed by atoms with Gasteiger partial charge >= 0.3 is 0 Å². The number of aromatic nitrogens is 1. The maximum atomic E-state index is 4.43. The van der Waals surface area contributed by atoms with Gasteiger partial charge in [0.2, 0.25) is 0 Å². The first-order valence-corrected chi connectivity index (χ1v) is 7.71. The second kappa shape index (κ2) is 6.60. The summed E-state index contributed by atoms with van der Waals surface area (Å²) < 4.78 is 0. The number of nitrogens with zero attached hydrogens (tertiary/aromatic N) is 3. The molecule has 0 atom stereocenters. The fourth-order valence-electron chi connectivity index (χ4n) is 2.88. The van der Waals surface area contributed by atoms with Crippen LogP contribution in [0, 0.1) is 6.92 Å². The molecule has 0 saturated carbocycles. The number of benzene rings is 1. The minimum absolute atomic E-state index is 0.706. The van der Waals surface area contributed by atoms with Gasteiger partial charge in [0.05, 0.1) is 12.2 Å². The number of hydrogen-bond donors (Lipinski definition) is 1. The van der Waals surface area contributed by atoms with E-state index in [0.717, 1.165) is 31.2 Å². The van der Waals surface area contributed by atoms with Crippen LogP contribution in [0.4, 0.5) is 0 Å². The second-order valence-electron chi connectivity index (χ2n) is 5.61. The topological polar surface area (TPSA) is 40.5 Å². The van der Waals surface area contributed by atoms with Gasteiger partial charge in [-0.15, -0.1) is 0 Å². The van der Waals surface area contributed by atoms with Crippen molar-refractivity contribution < 1.29 is 0 Å². The number of fused-ring (bicyclic) bond motifs is 1. The lowest BCUT2D eigenvalue weighted by atomic mass is 10.0. The minimum Gasteiger partial charge on any atom is -0.351 e. The van der Waals surface area contributed by atoms with E-state index in [-0.39, 0.29) is 0 Å². The van der Waals surface area contributed by atoms with Crippen LogP contribution in [0.1, 0.15) is 22.4 Å². The predicted molar refractivity (Wildman–Crippen MR) is 89.7 cm³/mol. The summed E-state index contributed by atoms with van der Waals surface area (Å²) in [5.41, 5.74) is 5.12. The van der Waals surface area contributed by atoms with Gasteiger partial charge in [-0.1, -0.05) is 30.3 Å². The highest BCUT2D eigenvalue weighted by molar-refractivity contribution is 5.80. The third-order valence-corrected chi connectivity index (χ3v) is 4.17. The first kappa shape index (κ1) is 14.6. The third kappa shape index (κ3) is 3.11. The number of guanidine groups is 1. The molecule has 0 aliphatic carbocycles. The van der Waals surface area contributed by atoms with Crippen molar-refractivity contribution in [3.8, 4) is 0 Å². The number of nitrogens with one attached hydrogen (secondary N) is 1. The maximum absolute atomic E-state index is 4.43. The van der Waals surface area contributed by atoms with Crippen LogP contribution < -0.4 is 5.32 Å². The zero-order valence-corrected chi connectivity index (χ0v) is 13.2. The van der Waals surface area contributed by atoms with Gasteiger partial charge in [0, 0.05) is 26.3 Å². The average molecular weight is 294 g/mol. The van der Waals surface area contributed by atoms with Gasteiger partial charge in [-0.25, -0.2) is 0 Å². The van der Waals surface area contributed by atoms with Crippen LogP contribution in [0.25, 0.3) is 0 Å². The summed E-state index contributed by atoms with van der Waals surface area (Å²) in [6.45, 7) is 4.70. The van der Waals surface area contributed by atoms with E-state index in [1.54, 1.807) is 0 Å². The fraction of sp³-hybridized carbons (Fsp3) is 0.333. The summed E-state index contributed by atoms with van der Waals surface area (Å²) in [4.78, 5) is 11.2. The Morgan fingerprint density at radius 1 is 1.23 bits per heavy atom. The summed E-state index contributed by atoms with van der Waals surface area (Å²) in [7, 11) is 1.84. The Bertz CT molecular complexity index is 678. The van der Waals surface area contributed by atoms with E-state index in [9.17, 15) is 0 Å². The Kier molecular flexibility index (Phi) is 4.37. The van der Waals surface area contributed by atoms with Crippen LogP contribution in [0.3, 0.4) is 0 Å². The predicted octanol–water partition coefficient (Wildman–Crippen LogP) is 2.52. The summed E-state index contributed by atoms with van der Waals surface area (Å²) in [5, 5.41) is 3.44. The summed E-state index contributed by atoms with van der Waals surface area (Å²) in [6.07, 6.45) is 2.91. The number of pyridine rings is 1. The molecule has 0 spiro atoms. The van der Waals surface area contributed by atoms with Crippen molar-refractivity contribution in [2.24, 2.45) is 4.99 Å². The zero-order valence-electron chi connectivity index (χ0n) is 13.2. The van der Waals surface area contributed by atoms with Crippen molar-refractivity contribution >= 4 is 5.96 Å². The van der Waals surface area contributed by atoms with Gasteiger partial charge in [-0.3, -0.25) is 9.98 Å². The van der Waals surface area contributed by atoms with Crippen molar-refractivity contribution in [1.29, 1.82) is 0 Å². The van der Waals surface area contributed by atoms with Crippen molar-refractivity contribution in [2.75, 3.05) is 13.6 Å². The number of aryl methyl sites for hydroxylation is 1. The van der Waals surface area contributed by atoms with Gasteiger partial charge in [0.1, 0.15) is 0 Å². The summed E-state index contributed by atoms with van der Waals surface area (Å²) in [6, 6.07) is 12.7. The zero-order chi connectivity index (χ0) is 15.4. The van der Waals surface area contributed by atoms with Gasteiger partial charge in [-0.2, -0.15) is 0 Å². The first-order chi connectivity index (χ1) is 10.8. The molecule has 0 radical (unpaired) electrons. The van der Waals surface area contributed by atoms with Gasteiger partial charge in [-0.05, 0) is 36.1 Å². The van der Waals surface area contributed by atoms with E-state index in [4.69, 9.17) is 0 Å². The number of rotatable bonds is 2. The smallest absolute Gasteiger partial charge is 0.194 e. The third-order valence-electron chi connectivity index (χ3n) is 4.17. The van der Waals surface area contributed by atoms with Crippen LogP contribution in [0.5, 0.6) is 0 Å². The molecule has 1 aromatic carbocycles. The molecule has 0 bridgehead atoms. The maximum Gasteiger partial charge on any atom is 0.194 e. The minimum atomic E-state index is 0.706. The summed E-state index contributed by atoms with van der Waals surface area (Å²) in [5.74, 6) is 0.944. The van der Waals surface area contributed by atoms with E-state index in [0.29, 0.717) is 6.54 Å². The molecule has 0 unspecified atom stereocenters. The van der Waals surface area contributed by atoms with Crippen LogP contribution in [0.15, 0.2) is 47.6 Å². The van der Waals surface area contributed by atoms with Crippen molar-refractivity contribution in [2.45, 2.75) is 26.4 Å². The molecule has 4 heteroatoms. The lowest BCUT2D eigenvalue weighted by Gasteiger charge is -2.31. The molecule has 2 heterocycles. The normalized spacial score (nSPS) is 14.6. The molecule has 1 aliphatic heterocycles. The Morgan fingerprint density at radius 2 is 2.05 bits per heavy atom. The standard InChI is InChI=1S/C18H22N4/c1-14-6-5-10-20-17(14)12-21-18(19-2)22-11-9-15-7-3-4-8-16(15)13-22/h3-8,10H,9,11-13H2,1-2H3,(H,19,21). The Balaban J connectivity index is 1.67. The van der Waals surface area contributed by atoms with Gasteiger partial charge in [0.15, 0.2) is 5.96 Å². The Hall–Kier alpha value is -2.36. The molecule has 4 nitrogen and oxygen atoms in total. The molecule has 3 rings (SSSR count). The Labute approximate surface area is 131 Å². The van der Waals surface area contributed by atoms with Gasteiger partial charge < -0.3 is 10.2 Å².